The minimum absolute atomic E-state index is 0.164. The summed E-state index contributed by atoms with van der Waals surface area (Å²) in [7, 11) is 0. The van der Waals surface area contributed by atoms with Crippen LogP contribution in [0.3, 0.4) is 0 Å². The van der Waals surface area contributed by atoms with Gasteiger partial charge in [-0.05, 0) is 54.6 Å². The normalized spacial score (nSPS) is 19.6. The fourth-order valence-corrected chi connectivity index (χ4v) is 2.79. The van der Waals surface area contributed by atoms with E-state index < -0.39 is 0 Å². The first kappa shape index (κ1) is 14.5. The van der Waals surface area contributed by atoms with Gasteiger partial charge in [0.05, 0.1) is 0 Å². The summed E-state index contributed by atoms with van der Waals surface area (Å²) in [5.41, 5.74) is 8.33. The van der Waals surface area contributed by atoms with Gasteiger partial charge in [0, 0.05) is 13.1 Å². The molecule has 1 aromatic carbocycles. The van der Waals surface area contributed by atoms with E-state index in [-0.39, 0.29) is 5.82 Å². The van der Waals surface area contributed by atoms with Crippen LogP contribution in [0.4, 0.5) is 4.39 Å². The summed E-state index contributed by atoms with van der Waals surface area (Å²) in [6.07, 6.45) is 3.71. The molecule has 19 heavy (non-hydrogen) atoms. The largest absolute Gasteiger partial charge is 0.326 e. The van der Waals surface area contributed by atoms with Crippen molar-refractivity contribution in [1.82, 2.24) is 4.90 Å². The van der Waals surface area contributed by atoms with Crippen molar-refractivity contribution in [2.75, 3.05) is 13.1 Å². The lowest BCUT2D eigenvalue weighted by atomic mass is 9.78. The van der Waals surface area contributed by atoms with Crippen LogP contribution in [0.25, 0.3) is 0 Å². The Kier molecular flexibility index (Phi) is 4.58. The van der Waals surface area contributed by atoms with Crippen molar-refractivity contribution in [3.8, 4) is 0 Å². The van der Waals surface area contributed by atoms with E-state index in [4.69, 9.17) is 5.73 Å². The topological polar surface area (TPSA) is 29.3 Å². The number of hydrogen-bond acceptors (Lipinski definition) is 2. The molecule has 0 amide bonds. The zero-order valence-corrected chi connectivity index (χ0v) is 12.1. The molecule has 1 aromatic rings. The molecule has 106 valence electrons. The van der Waals surface area contributed by atoms with Gasteiger partial charge in [-0.25, -0.2) is 4.39 Å². The van der Waals surface area contributed by atoms with E-state index in [1.807, 2.05) is 6.07 Å². The van der Waals surface area contributed by atoms with Crippen molar-refractivity contribution in [1.29, 1.82) is 0 Å². The summed E-state index contributed by atoms with van der Waals surface area (Å²) < 4.78 is 13.4. The summed E-state index contributed by atoms with van der Waals surface area (Å²) in [6, 6.07) is 4.94. The Hall–Kier alpha value is -0.930. The van der Waals surface area contributed by atoms with Gasteiger partial charge in [0.25, 0.3) is 0 Å². The molecule has 0 unspecified atom stereocenters. The maximum Gasteiger partial charge on any atom is 0.123 e. The number of hydrogen-bond donors (Lipinski definition) is 1. The molecule has 3 heteroatoms. The molecular weight excluding hydrogens is 239 g/mol. The molecule has 2 N–H and O–H groups in total. The van der Waals surface area contributed by atoms with E-state index in [1.165, 1.54) is 25.3 Å². The van der Waals surface area contributed by atoms with E-state index in [0.717, 1.165) is 30.8 Å². The average Bonchev–Trinajstić information content (AvgIpc) is 2.42. The minimum atomic E-state index is -0.164. The van der Waals surface area contributed by atoms with Crippen LogP contribution in [-0.2, 0) is 13.1 Å². The standard InChI is InChI=1S/C16H25FN2/c1-3-16(2)6-8-19(9-7-16)12-14-10-15(17)5-4-13(14)11-18/h4-5,10H,3,6-9,11-12,18H2,1-2H3. The monoisotopic (exact) mass is 264 g/mol. The van der Waals surface area contributed by atoms with Gasteiger partial charge < -0.3 is 5.73 Å². The van der Waals surface area contributed by atoms with E-state index in [2.05, 4.69) is 18.7 Å². The van der Waals surface area contributed by atoms with Crippen LogP contribution in [0.2, 0.25) is 0 Å². The predicted molar refractivity (Wildman–Crippen MR) is 77.2 cm³/mol. The number of halogens is 1. The minimum Gasteiger partial charge on any atom is -0.326 e. The van der Waals surface area contributed by atoms with Crippen molar-refractivity contribution >= 4 is 0 Å². The van der Waals surface area contributed by atoms with Crippen LogP contribution >= 0.6 is 0 Å². The molecule has 0 radical (unpaired) electrons. The molecular formula is C16H25FN2. The van der Waals surface area contributed by atoms with Gasteiger partial charge in [-0.1, -0.05) is 26.3 Å². The number of nitrogens with zero attached hydrogens (tertiary/aromatic N) is 1. The maximum atomic E-state index is 13.4. The molecule has 0 aromatic heterocycles. The second-order valence-electron chi connectivity index (χ2n) is 6.06. The Morgan fingerprint density at radius 1 is 1.26 bits per heavy atom. The van der Waals surface area contributed by atoms with Gasteiger partial charge in [-0.2, -0.15) is 0 Å². The molecule has 0 bridgehead atoms. The van der Waals surface area contributed by atoms with Crippen molar-refractivity contribution in [3.63, 3.8) is 0 Å². The van der Waals surface area contributed by atoms with Gasteiger partial charge in [-0.3, -0.25) is 4.90 Å². The molecule has 1 heterocycles. The molecule has 0 atom stereocenters. The summed E-state index contributed by atoms with van der Waals surface area (Å²) in [5.74, 6) is -0.164. The van der Waals surface area contributed by atoms with Crippen molar-refractivity contribution in [2.45, 2.75) is 46.2 Å². The lowest BCUT2D eigenvalue weighted by Crippen LogP contribution is -2.38. The Morgan fingerprint density at radius 2 is 1.95 bits per heavy atom. The molecule has 1 aliphatic rings. The fraction of sp³-hybridized carbons (Fsp3) is 0.625. The van der Waals surface area contributed by atoms with Crippen LogP contribution in [0, 0.1) is 11.2 Å². The van der Waals surface area contributed by atoms with Crippen LogP contribution in [-0.4, -0.2) is 18.0 Å². The lowest BCUT2D eigenvalue weighted by Gasteiger charge is -2.39. The summed E-state index contributed by atoms with van der Waals surface area (Å²) in [6.45, 7) is 8.16. The van der Waals surface area contributed by atoms with Gasteiger partial charge in [0.2, 0.25) is 0 Å². The van der Waals surface area contributed by atoms with E-state index >= 15 is 0 Å². The average molecular weight is 264 g/mol. The first-order valence-electron chi connectivity index (χ1n) is 7.26. The van der Waals surface area contributed by atoms with Crippen molar-refractivity contribution in [3.05, 3.63) is 35.1 Å². The number of piperidine rings is 1. The third-order valence-electron chi connectivity index (χ3n) is 4.70. The second kappa shape index (κ2) is 6.02. The van der Waals surface area contributed by atoms with Crippen molar-refractivity contribution in [2.24, 2.45) is 11.1 Å². The zero-order chi connectivity index (χ0) is 13.9. The lowest BCUT2D eigenvalue weighted by molar-refractivity contribution is 0.109. The quantitative estimate of drug-likeness (QED) is 0.904. The highest BCUT2D eigenvalue weighted by molar-refractivity contribution is 5.27. The van der Waals surface area contributed by atoms with Gasteiger partial charge in [0.15, 0.2) is 0 Å². The summed E-state index contributed by atoms with van der Waals surface area (Å²) in [4.78, 5) is 2.42. The maximum absolute atomic E-state index is 13.4. The van der Waals surface area contributed by atoms with Crippen LogP contribution < -0.4 is 5.73 Å². The van der Waals surface area contributed by atoms with Crippen LogP contribution in [0.15, 0.2) is 18.2 Å². The number of nitrogens with two attached hydrogens (primary N) is 1. The Bertz CT molecular complexity index is 423. The molecule has 0 saturated carbocycles. The predicted octanol–water partition coefficient (Wildman–Crippen LogP) is 3.30. The molecule has 2 rings (SSSR count). The third kappa shape index (κ3) is 3.54. The van der Waals surface area contributed by atoms with E-state index in [1.54, 1.807) is 6.07 Å². The van der Waals surface area contributed by atoms with E-state index in [0.29, 0.717) is 12.0 Å². The number of likely N-dealkylation sites (tertiary alicyclic amines) is 1. The highest BCUT2D eigenvalue weighted by Crippen LogP contribution is 2.34. The highest BCUT2D eigenvalue weighted by atomic mass is 19.1. The third-order valence-corrected chi connectivity index (χ3v) is 4.70. The van der Waals surface area contributed by atoms with Crippen LogP contribution in [0.5, 0.6) is 0 Å². The molecule has 1 aliphatic heterocycles. The number of rotatable bonds is 4. The Morgan fingerprint density at radius 3 is 2.53 bits per heavy atom. The molecule has 2 nitrogen and oxygen atoms in total. The molecule has 1 fully saturated rings. The summed E-state index contributed by atoms with van der Waals surface area (Å²) >= 11 is 0. The van der Waals surface area contributed by atoms with Gasteiger partial charge in [0.1, 0.15) is 5.82 Å². The molecule has 0 spiro atoms. The zero-order valence-electron chi connectivity index (χ0n) is 12.1. The fourth-order valence-electron chi connectivity index (χ4n) is 2.79. The smallest absolute Gasteiger partial charge is 0.123 e. The van der Waals surface area contributed by atoms with Gasteiger partial charge >= 0.3 is 0 Å². The Labute approximate surface area is 115 Å². The SMILES string of the molecule is CCC1(C)CCN(Cc2cc(F)ccc2CN)CC1. The first-order chi connectivity index (χ1) is 9.06. The van der Waals surface area contributed by atoms with Crippen LogP contribution in [0.1, 0.15) is 44.2 Å². The first-order valence-corrected chi connectivity index (χ1v) is 7.26. The number of benzene rings is 1. The van der Waals surface area contributed by atoms with Gasteiger partial charge in [-0.15, -0.1) is 0 Å². The Balaban J connectivity index is 2.01. The highest BCUT2D eigenvalue weighted by Gasteiger charge is 2.28. The molecule has 1 saturated heterocycles. The van der Waals surface area contributed by atoms with E-state index in [9.17, 15) is 4.39 Å². The van der Waals surface area contributed by atoms with Crippen molar-refractivity contribution < 1.29 is 4.39 Å². The summed E-state index contributed by atoms with van der Waals surface area (Å²) in [5, 5.41) is 0. The molecule has 0 aliphatic carbocycles. The second-order valence-corrected chi connectivity index (χ2v) is 6.06.